The highest BCUT2D eigenvalue weighted by molar-refractivity contribution is 14.1. The Morgan fingerprint density at radius 2 is 0.677 bits per heavy atom. The van der Waals surface area contributed by atoms with Crippen molar-refractivity contribution in [3.63, 3.8) is 0 Å². The highest BCUT2D eigenvalue weighted by Crippen LogP contribution is 2.37. The van der Waals surface area contributed by atoms with Crippen LogP contribution in [0.2, 0.25) is 0 Å². The fraction of sp³-hybridized carbons (Fsp3) is 0.471. The summed E-state index contributed by atoms with van der Waals surface area (Å²) in [6.45, 7) is -5.84. The van der Waals surface area contributed by atoms with Gasteiger partial charge in [-0.05, 0) is 136 Å². The minimum Gasteiger partial charge on any atom is -0.395 e. The van der Waals surface area contributed by atoms with E-state index in [4.69, 9.17) is 0 Å². The zero-order chi connectivity index (χ0) is 47.0. The molecule has 0 bridgehead atoms. The van der Waals surface area contributed by atoms with Gasteiger partial charge in [0.2, 0.25) is 11.8 Å². The van der Waals surface area contributed by atoms with Gasteiger partial charge in [-0.2, -0.15) is 0 Å². The maximum Gasteiger partial charge on any atom is 0.253 e. The number of hydrogen-bond donors (Lipinski definition) is 15. The second kappa shape index (κ2) is 28.4. The van der Waals surface area contributed by atoms with Gasteiger partial charge in [-0.3, -0.25) is 33.7 Å². The van der Waals surface area contributed by atoms with Crippen molar-refractivity contribution in [2.45, 2.75) is 24.4 Å². The lowest BCUT2D eigenvalue weighted by atomic mass is 10.1. The van der Waals surface area contributed by atoms with Gasteiger partial charge in [0, 0.05) is 39.9 Å². The molecule has 2 aromatic rings. The van der Waals surface area contributed by atoms with Crippen LogP contribution in [0.15, 0.2) is 0 Å². The number of hydrogen-bond acceptors (Lipinski definition) is 16. The maximum atomic E-state index is 13.7. The molecule has 346 valence electrons. The number of carbonyl (C=O) groups excluding carboxylic acids is 6. The van der Waals surface area contributed by atoms with Gasteiger partial charge in [0.1, 0.15) is 0 Å². The lowest BCUT2D eigenvalue weighted by molar-refractivity contribution is -0.120. The van der Waals surface area contributed by atoms with Crippen LogP contribution >= 0.6 is 136 Å². The van der Waals surface area contributed by atoms with Crippen molar-refractivity contribution in [1.29, 1.82) is 0 Å². The zero-order valence-corrected chi connectivity index (χ0v) is 44.9. The van der Waals surface area contributed by atoms with Crippen molar-refractivity contribution in [1.82, 2.24) is 26.2 Å². The lowest BCUT2D eigenvalue weighted by Gasteiger charge is -2.24. The molecule has 15 N–H and O–H groups in total. The molecule has 2 aromatic carbocycles. The van der Waals surface area contributed by atoms with Crippen LogP contribution in [-0.4, -0.2) is 190 Å². The number of benzene rings is 2. The number of carbonyl (C=O) groups is 6. The third-order valence-electron chi connectivity index (χ3n) is 8.06. The van der Waals surface area contributed by atoms with Gasteiger partial charge in [-0.15, -0.1) is 0 Å². The summed E-state index contributed by atoms with van der Waals surface area (Å²) >= 11 is 10.7. The Morgan fingerprint density at radius 3 is 0.887 bits per heavy atom. The summed E-state index contributed by atoms with van der Waals surface area (Å²) in [5.74, 6) is -4.61. The molecule has 28 heteroatoms. The van der Waals surface area contributed by atoms with Crippen LogP contribution in [0.1, 0.15) is 41.4 Å². The largest absolute Gasteiger partial charge is 0.395 e. The molecule has 0 aromatic heterocycles. The Bertz CT molecular complexity index is 1730. The monoisotopic (exact) mass is 1550 g/mol. The third-order valence-corrected chi connectivity index (χ3v) is 14.5. The molecular formula is C34H43I6N7O15. The van der Waals surface area contributed by atoms with Crippen molar-refractivity contribution in [3.05, 3.63) is 43.7 Å². The predicted octanol–water partition coefficient (Wildman–Crippen LogP) is -2.48. The first-order chi connectivity index (χ1) is 29.2. The van der Waals surface area contributed by atoms with E-state index in [0.717, 1.165) is 0 Å². The Hall–Kier alpha value is -0.760. The smallest absolute Gasteiger partial charge is 0.253 e. The fourth-order valence-electron chi connectivity index (χ4n) is 4.92. The quantitative estimate of drug-likeness (QED) is 0.0484. The fourth-order valence-corrected chi connectivity index (χ4v) is 13.7. The van der Waals surface area contributed by atoms with Crippen molar-refractivity contribution in [2.75, 3.05) is 89.5 Å². The number of halogens is 6. The average molecular weight is 1550 g/mol. The standard InChI is InChI=1S/C34H43I6N7O15/c35-23-19(31(59)41-3-13(53)9-49)25(37)29(26(38)20(23)32(60)42-4-14(54)10-50)45-17(57)7-47(1-2-48)8-18(58)46-30-27(39)21(33(61)43-5-15(55)11-51)24(36)22(28(30)40)34(62)44-6-16(56)12-52/h13-16,48-56H,1-12H2,(H,41,59)(H,42,60)(H,43,61)(H,44,62)(H,45,57)(H,46,58). The first kappa shape index (κ1) is 57.4. The molecule has 22 nitrogen and oxygen atoms in total. The van der Waals surface area contributed by atoms with E-state index in [9.17, 15) is 74.7 Å². The molecule has 0 aliphatic heterocycles. The van der Waals surface area contributed by atoms with Crippen LogP contribution in [0.5, 0.6) is 0 Å². The molecule has 0 heterocycles. The molecule has 0 fully saturated rings. The summed E-state index contributed by atoms with van der Waals surface area (Å²) in [6, 6.07) is 0. The summed E-state index contributed by atoms with van der Waals surface area (Å²) < 4.78 is 0.923. The van der Waals surface area contributed by atoms with Crippen LogP contribution in [-0.2, 0) is 9.59 Å². The first-order valence-electron chi connectivity index (χ1n) is 17.8. The number of aliphatic hydroxyl groups excluding tert-OH is 9. The Labute approximate surface area is 435 Å². The molecule has 0 aliphatic rings. The lowest BCUT2D eigenvalue weighted by Crippen LogP contribution is -2.41. The van der Waals surface area contributed by atoms with Crippen LogP contribution < -0.4 is 31.9 Å². The highest BCUT2D eigenvalue weighted by atomic mass is 127. The predicted molar refractivity (Wildman–Crippen MR) is 272 cm³/mol. The van der Waals surface area contributed by atoms with E-state index < -0.39 is 106 Å². The summed E-state index contributed by atoms with van der Waals surface area (Å²) in [5.41, 5.74) is -0.314. The number of anilines is 2. The Kier molecular flexibility index (Phi) is 26.3. The second-order valence-corrected chi connectivity index (χ2v) is 19.3. The Balaban J connectivity index is 2.54. The van der Waals surface area contributed by atoms with Crippen molar-refractivity contribution < 1.29 is 74.7 Å². The Morgan fingerprint density at radius 1 is 0.435 bits per heavy atom. The van der Waals surface area contributed by atoms with Gasteiger partial charge in [0.15, 0.2) is 0 Å². The van der Waals surface area contributed by atoms with E-state index in [1.165, 1.54) is 4.90 Å². The number of rotatable bonds is 24. The molecule has 6 amide bonds. The van der Waals surface area contributed by atoms with Gasteiger partial charge >= 0.3 is 0 Å². The van der Waals surface area contributed by atoms with Gasteiger partial charge < -0.3 is 77.9 Å². The van der Waals surface area contributed by atoms with Crippen molar-refractivity contribution >= 4 is 182 Å². The van der Waals surface area contributed by atoms with E-state index in [-0.39, 0.29) is 87.8 Å². The first-order valence-corrected chi connectivity index (χ1v) is 24.3. The van der Waals surface area contributed by atoms with Crippen molar-refractivity contribution in [3.8, 4) is 0 Å². The summed E-state index contributed by atoms with van der Waals surface area (Å²) in [6.07, 6.45) is -5.20. The normalized spacial score (nSPS) is 13.2. The second-order valence-electron chi connectivity index (χ2n) is 12.9. The molecule has 0 saturated carbocycles. The number of nitrogens with zero attached hydrogens (tertiary/aromatic N) is 1. The van der Waals surface area contributed by atoms with E-state index in [2.05, 4.69) is 31.9 Å². The van der Waals surface area contributed by atoms with E-state index in [1.807, 2.05) is 0 Å². The van der Waals surface area contributed by atoms with E-state index in [0.29, 0.717) is 0 Å². The van der Waals surface area contributed by atoms with Gasteiger partial charge in [-0.1, -0.05) is 0 Å². The van der Waals surface area contributed by atoms with E-state index in [1.54, 1.807) is 136 Å². The molecule has 4 unspecified atom stereocenters. The molecular weight excluding hydrogens is 1510 g/mol. The molecule has 62 heavy (non-hydrogen) atoms. The van der Waals surface area contributed by atoms with Crippen LogP contribution in [0.3, 0.4) is 0 Å². The SMILES string of the molecule is O=C(CN(CCO)CC(=O)Nc1c(I)c(C(=O)NCC(O)CO)c(I)c(C(=O)NCC(O)CO)c1I)Nc1c(I)c(C(=O)NCC(O)CO)c(I)c(C(=O)NCC(O)CO)c1I. The number of nitrogens with one attached hydrogen (secondary N) is 6. The van der Waals surface area contributed by atoms with Gasteiger partial charge in [0.05, 0.1) is 118 Å². The molecule has 0 spiro atoms. The third kappa shape index (κ3) is 16.5. The summed E-state index contributed by atoms with van der Waals surface area (Å²) in [5, 5.41) is 101. The van der Waals surface area contributed by atoms with Crippen LogP contribution in [0.25, 0.3) is 0 Å². The van der Waals surface area contributed by atoms with Gasteiger partial charge in [-0.25, -0.2) is 0 Å². The topological polar surface area (TPSA) is 360 Å². The average Bonchev–Trinajstić information content (AvgIpc) is 3.22. The maximum absolute atomic E-state index is 13.7. The molecule has 0 saturated heterocycles. The molecule has 4 atom stereocenters. The zero-order valence-electron chi connectivity index (χ0n) is 32.0. The minimum atomic E-state index is -1.30. The van der Waals surface area contributed by atoms with Crippen LogP contribution in [0, 0.1) is 21.4 Å². The number of amides is 6. The summed E-state index contributed by atoms with van der Waals surface area (Å²) in [7, 11) is 0. The van der Waals surface area contributed by atoms with E-state index >= 15 is 0 Å². The summed E-state index contributed by atoms with van der Waals surface area (Å²) in [4.78, 5) is 82.3. The highest BCUT2D eigenvalue weighted by Gasteiger charge is 2.31. The van der Waals surface area contributed by atoms with Gasteiger partial charge in [0.25, 0.3) is 23.6 Å². The molecule has 0 radical (unpaired) electrons. The molecule has 0 aliphatic carbocycles. The minimum absolute atomic E-state index is 0.00310. The van der Waals surface area contributed by atoms with Crippen molar-refractivity contribution in [2.24, 2.45) is 0 Å². The number of aliphatic hydroxyl groups is 9. The molecule has 2 rings (SSSR count). The van der Waals surface area contributed by atoms with Crippen LogP contribution in [0.4, 0.5) is 11.4 Å².